The molecule has 2 aromatic carbocycles. The molecule has 4 rings (SSSR count). The van der Waals surface area contributed by atoms with Crippen LogP contribution in [-0.2, 0) is 22.6 Å². The number of hydrogen-bond donors (Lipinski definition) is 2. The molecule has 0 radical (unpaired) electrons. The Morgan fingerprint density at radius 1 is 1.13 bits per heavy atom. The number of para-hydroxylation sites is 1. The summed E-state index contributed by atoms with van der Waals surface area (Å²) in [5.74, 6) is -0.749. The molecule has 3 aromatic rings. The quantitative estimate of drug-likeness (QED) is 0.582. The summed E-state index contributed by atoms with van der Waals surface area (Å²) in [6, 6.07) is 16.2. The van der Waals surface area contributed by atoms with Gasteiger partial charge in [-0.25, -0.2) is 4.68 Å². The molecule has 2 heterocycles. The molecule has 0 saturated carbocycles. The van der Waals surface area contributed by atoms with E-state index in [0.717, 1.165) is 29.8 Å². The Morgan fingerprint density at radius 2 is 1.90 bits per heavy atom. The molecule has 0 spiro atoms. The first-order chi connectivity index (χ1) is 15.1. The van der Waals surface area contributed by atoms with E-state index in [2.05, 4.69) is 25.7 Å². The Hall–Kier alpha value is -3.43. The van der Waals surface area contributed by atoms with Crippen molar-refractivity contribution in [2.24, 2.45) is 5.73 Å². The maximum absolute atomic E-state index is 12.9. The second kappa shape index (κ2) is 9.59. The summed E-state index contributed by atoms with van der Waals surface area (Å²) < 4.78 is 1.60. The molecule has 2 atom stereocenters. The van der Waals surface area contributed by atoms with Gasteiger partial charge in [0.25, 0.3) is 0 Å². The van der Waals surface area contributed by atoms with E-state index in [0.29, 0.717) is 19.4 Å². The first-order valence-corrected chi connectivity index (χ1v) is 10.3. The van der Waals surface area contributed by atoms with Gasteiger partial charge in [0.1, 0.15) is 6.33 Å². The number of aromatic nitrogens is 4. The molecule has 1 fully saturated rings. The molecule has 0 aliphatic carbocycles. The number of imide groups is 1. The molecule has 1 aromatic heterocycles. The highest BCUT2D eigenvalue weighted by atomic mass is 16.2. The molecule has 2 amide bonds. The van der Waals surface area contributed by atoms with Crippen LogP contribution < -0.4 is 11.1 Å². The largest absolute Gasteiger partial charge is 0.320 e. The lowest BCUT2D eigenvalue weighted by molar-refractivity contribution is -0.133. The summed E-state index contributed by atoms with van der Waals surface area (Å²) in [5, 5.41) is 13.9. The van der Waals surface area contributed by atoms with Crippen molar-refractivity contribution in [3.05, 3.63) is 72.1 Å². The minimum atomic E-state index is -0.776. The third-order valence-electron chi connectivity index (χ3n) is 5.51. The highest BCUT2D eigenvalue weighted by molar-refractivity contribution is 6.00. The zero-order valence-corrected chi connectivity index (χ0v) is 17.1. The SMILES string of the molecule is N[C@@H](Cc1ccccc1)C(=O)NC(=O)[C@@H]1CCCN1Cc1ccccc1-n1cnnn1. The number of carbonyl (C=O) groups excluding carboxylic acids is 2. The summed E-state index contributed by atoms with van der Waals surface area (Å²) in [6.45, 7) is 1.32. The predicted molar refractivity (Wildman–Crippen MR) is 114 cm³/mol. The smallest absolute Gasteiger partial charge is 0.243 e. The van der Waals surface area contributed by atoms with Crippen LogP contribution in [0, 0.1) is 0 Å². The second-order valence-corrected chi connectivity index (χ2v) is 7.66. The first kappa shape index (κ1) is 20.8. The lowest BCUT2D eigenvalue weighted by Crippen LogP contribution is -2.50. The fraction of sp³-hybridized carbons (Fsp3) is 0.318. The van der Waals surface area contributed by atoms with Crippen LogP contribution in [0.25, 0.3) is 5.69 Å². The highest BCUT2D eigenvalue weighted by Crippen LogP contribution is 2.23. The second-order valence-electron chi connectivity index (χ2n) is 7.66. The van der Waals surface area contributed by atoms with Gasteiger partial charge in [0.2, 0.25) is 11.8 Å². The fourth-order valence-electron chi connectivity index (χ4n) is 3.93. The Kier molecular flexibility index (Phi) is 6.44. The van der Waals surface area contributed by atoms with Crippen molar-refractivity contribution in [2.75, 3.05) is 6.54 Å². The van der Waals surface area contributed by atoms with Gasteiger partial charge >= 0.3 is 0 Å². The third kappa shape index (κ3) is 5.01. The van der Waals surface area contributed by atoms with Crippen molar-refractivity contribution in [3.63, 3.8) is 0 Å². The average molecular weight is 419 g/mol. The van der Waals surface area contributed by atoms with Crippen LogP contribution in [0.1, 0.15) is 24.0 Å². The van der Waals surface area contributed by atoms with Crippen molar-refractivity contribution in [3.8, 4) is 5.69 Å². The lowest BCUT2D eigenvalue weighted by Gasteiger charge is -2.25. The number of amides is 2. The zero-order valence-electron chi connectivity index (χ0n) is 17.1. The monoisotopic (exact) mass is 419 g/mol. The van der Waals surface area contributed by atoms with Gasteiger partial charge in [-0.3, -0.25) is 19.8 Å². The summed E-state index contributed by atoms with van der Waals surface area (Å²) in [5.41, 5.74) is 8.85. The van der Waals surface area contributed by atoms with Crippen LogP contribution in [0.15, 0.2) is 60.9 Å². The van der Waals surface area contributed by atoms with Gasteiger partial charge in [-0.1, -0.05) is 48.5 Å². The maximum atomic E-state index is 12.9. The van der Waals surface area contributed by atoms with Crippen molar-refractivity contribution in [1.82, 2.24) is 30.4 Å². The minimum Gasteiger partial charge on any atom is -0.320 e. The fourth-order valence-corrected chi connectivity index (χ4v) is 3.93. The minimum absolute atomic E-state index is 0.300. The van der Waals surface area contributed by atoms with Gasteiger partial charge < -0.3 is 5.73 Å². The van der Waals surface area contributed by atoms with Crippen LogP contribution in [-0.4, -0.2) is 55.5 Å². The number of tetrazole rings is 1. The van der Waals surface area contributed by atoms with E-state index in [1.807, 2.05) is 54.6 Å². The standard InChI is InChI=1S/C22H25N7O2/c23-18(13-16-7-2-1-3-8-16)21(30)25-22(31)20-11-6-12-28(20)14-17-9-4-5-10-19(17)29-15-24-26-27-29/h1-5,7-10,15,18,20H,6,11-14,23H2,(H,25,30,31)/t18-,20-/m0/s1. The van der Waals surface area contributed by atoms with Crippen LogP contribution in [0.3, 0.4) is 0 Å². The molecule has 1 aliphatic heterocycles. The molecule has 31 heavy (non-hydrogen) atoms. The third-order valence-corrected chi connectivity index (χ3v) is 5.51. The molecular formula is C22H25N7O2. The van der Waals surface area contributed by atoms with E-state index >= 15 is 0 Å². The Bertz CT molecular complexity index is 1020. The Balaban J connectivity index is 1.39. The molecule has 1 saturated heterocycles. The zero-order chi connectivity index (χ0) is 21.6. The van der Waals surface area contributed by atoms with Gasteiger partial charge in [0, 0.05) is 6.54 Å². The number of nitrogens with zero attached hydrogens (tertiary/aromatic N) is 5. The number of nitrogens with one attached hydrogen (secondary N) is 1. The summed E-state index contributed by atoms with van der Waals surface area (Å²) in [7, 11) is 0. The number of nitrogens with two attached hydrogens (primary N) is 1. The van der Waals surface area contributed by atoms with Crippen LogP contribution in [0.2, 0.25) is 0 Å². The van der Waals surface area contributed by atoms with Crippen molar-refractivity contribution in [2.45, 2.75) is 37.9 Å². The molecule has 0 unspecified atom stereocenters. The van der Waals surface area contributed by atoms with E-state index in [1.54, 1.807) is 11.0 Å². The molecular weight excluding hydrogens is 394 g/mol. The van der Waals surface area contributed by atoms with Crippen molar-refractivity contribution in [1.29, 1.82) is 0 Å². The average Bonchev–Trinajstić information content (AvgIpc) is 3.47. The van der Waals surface area contributed by atoms with Crippen LogP contribution in [0.5, 0.6) is 0 Å². The number of benzene rings is 2. The van der Waals surface area contributed by atoms with Gasteiger partial charge in [0.15, 0.2) is 0 Å². The first-order valence-electron chi connectivity index (χ1n) is 10.3. The molecule has 0 bridgehead atoms. The Labute approximate surface area is 180 Å². The van der Waals surface area contributed by atoms with Gasteiger partial charge in [-0.05, 0) is 53.4 Å². The predicted octanol–water partition coefficient (Wildman–Crippen LogP) is 0.839. The van der Waals surface area contributed by atoms with E-state index in [-0.39, 0.29) is 11.9 Å². The molecule has 160 valence electrons. The molecule has 3 N–H and O–H groups in total. The van der Waals surface area contributed by atoms with E-state index in [4.69, 9.17) is 5.73 Å². The van der Waals surface area contributed by atoms with E-state index in [1.165, 1.54) is 0 Å². The molecule has 9 nitrogen and oxygen atoms in total. The Morgan fingerprint density at radius 3 is 2.68 bits per heavy atom. The summed E-state index contributed by atoms with van der Waals surface area (Å²) >= 11 is 0. The topological polar surface area (TPSA) is 119 Å². The van der Waals surface area contributed by atoms with Crippen LogP contribution in [0.4, 0.5) is 0 Å². The normalized spacial score (nSPS) is 17.4. The summed E-state index contributed by atoms with van der Waals surface area (Å²) in [4.78, 5) is 27.4. The van der Waals surface area contributed by atoms with E-state index in [9.17, 15) is 9.59 Å². The number of likely N-dealkylation sites (tertiary alicyclic amines) is 1. The van der Waals surface area contributed by atoms with E-state index < -0.39 is 11.9 Å². The van der Waals surface area contributed by atoms with Gasteiger partial charge in [-0.15, -0.1) is 5.10 Å². The number of hydrogen-bond acceptors (Lipinski definition) is 7. The van der Waals surface area contributed by atoms with Gasteiger partial charge in [0.05, 0.1) is 17.8 Å². The highest BCUT2D eigenvalue weighted by Gasteiger charge is 2.32. The lowest BCUT2D eigenvalue weighted by atomic mass is 10.1. The van der Waals surface area contributed by atoms with Crippen LogP contribution >= 0.6 is 0 Å². The molecule has 9 heteroatoms. The van der Waals surface area contributed by atoms with Crippen molar-refractivity contribution < 1.29 is 9.59 Å². The van der Waals surface area contributed by atoms with Gasteiger partial charge in [-0.2, -0.15) is 0 Å². The summed E-state index contributed by atoms with van der Waals surface area (Å²) in [6.07, 6.45) is 3.50. The van der Waals surface area contributed by atoms with Crippen molar-refractivity contribution >= 4 is 11.8 Å². The number of carbonyl (C=O) groups is 2. The molecule has 1 aliphatic rings. The maximum Gasteiger partial charge on any atom is 0.243 e. The number of rotatable bonds is 7.